The highest BCUT2D eigenvalue weighted by Gasteiger charge is 2.49. The van der Waals surface area contributed by atoms with Crippen LogP contribution in [0, 0.1) is 5.92 Å². The maximum Gasteiger partial charge on any atom is 0.325 e. The minimum Gasteiger partial charge on any atom is -0.347 e. The third kappa shape index (κ3) is 4.46. The standard InChI is InChI=1S/C28H35N3O3/c1-17(2)19-9-11-21(12-10-19)25(18(3)4)29-24(32)16-31-26(33)28(5,30-27(31)34)23-14-13-20-7-6-8-22(20)15-23/h9-15,17-18,25H,6-8,16H2,1-5H3,(H,29,32)(H,30,34). The molecular weight excluding hydrogens is 426 g/mol. The number of amides is 4. The van der Waals surface area contributed by atoms with Crippen molar-refractivity contribution >= 4 is 17.8 Å². The van der Waals surface area contributed by atoms with E-state index in [0.29, 0.717) is 5.92 Å². The summed E-state index contributed by atoms with van der Waals surface area (Å²) in [6.07, 6.45) is 3.15. The number of nitrogens with one attached hydrogen (secondary N) is 2. The van der Waals surface area contributed by atoms with Crippen molar-refractivity contribution in [2.75, 3.05) is 6.54 Å². The van der Waals surface area contributed by atoms with Crippen LogP contribution in [-0.2, 0) is 28.0 Å². The molecule has 6 heteroatoms. The molecule has 34 heavy (non-hydrogen) atoms. The first-order chi connectivity index (χ1) is 16.1. The summed E-state index contributed by atoms with van der Waals surface area (Å²) in [4.78, 5) is 40.1. The number of nitrogens with zero attached hydrogens (tertiary/aromatic N) is 1. The minimum absolute atomic E-state index is 0.147. The van der Waals surface area contributed by atoms with Crippen molar-refractivity contribution < 1.29 is 14.4 Å². The lowest BCUT2D eigenvalue weighted by atomic mass is 9.89. The van der Waals surface area contributed by atoms with Crippen molar-refractivity contribution in [1.29, 1.82) is 0 Å². The Labute approximate surface area is 202 Å². The van der Waals surface area contributed by atoms with Crippen molar-refractivity contribution in [3.05, 3.63) is 70.3 Å². The van der Waals surface area contributed by atoms with Crippen LogP contribution in [0.4, 0.5) is 4.79 Å². The number of aryl methyl sites for hydroxylation is 2. The second kappa shape index (κ2) is 9.24. The van der Waals surface area contributed by atoms with Gasteiger partial charge in [-0.05, 0) is 65.8 Å². The van der Waals surface area contributed by atoms with Crippen molar-refractivity contribution in [2.45, 2.75) is 71.4 Å². The number of fused-ring (bicyclic) bond motifs is 1. The molecule has 0 spiro atoms. The van der Waals surface area contributed by atoms with Gasteiger partial charge in [0.15, 0.2) is 0 Å². The summed E-state index contributed by atoms with van der Waals surface area (Å²) in [5.74, 6) is -0.171. The molecule has 0 radical (unpaired) electrons. The molecule has 2 aliphatic rings. The second-order valence-corrected chi connectivity index (χ2v) is 10.4. The van der Waals surface area contributed by atoms with Crippen LogP contribution < -0.4 is 10.6 Å². The molecule has 4 amide bonds. The zero-order chi connectivity index (χ0) is 24.6. The van der Waals surface area contributed by atoms with Crippen LogP contribution in [-0.4, -0.2) is 29.3 Å². The van der Waals surface area contributed by atoms with Crippen molar-refractivity contribution in [3.63, 3.8) is 0 Å². The van der Waals surface area contributed by atoms with E-state index in [1.165, 1.54) is 16.7 Å². The van der Waals surface area contributed by atoms with Crippen LogP contribution in [0.5, 0.6) is 0 Å². The highest BCUT2D eigenvalue weighted by atomic mass is 16.2. The maximum atomic E-state index is 13.3. The highest BCUT2D eigenvalue weighted by Crippen LogP contribution is 2.32. The van der Waals surface area contributed by atoms with E-state index in [2.05, 4.69) is 42.7 Å². The third-order valence-corrected chi connectivity index (χ3v) is 7.20. The van der Waals surface area contributed by atoms with Crippen molar-refractivity contribution in [1.82, 2.24) is 15.5 Å². The summed E-state index contributed by atoms with van der Waals surface area (Å²) in [7, 11) is 0. The lowest BCUT2D eigenvalue weighted by Gasteiger charge is -2.25. The van der Waals surface area contributed by atoms with Crippen molar-refractivity contribution in [3.8, 4) is 0 Å². The average Bonchev–Trinajstić information content (AvgIpc) is 3.35. The van der Waals surface area contributed by atoms with Gasteiger partial charge < -0.3 is 10.6 Å². The molecule has 1 saturated heterocycles. The number of urea groups is 1. The maximum absolute atomic E-state index is 13.3. The number of hydrogen-bond acceptors (Lipinski definition) is 3. The Morgan fingerprint density at radius 2 is 1.65 bits per heavy atom. The first-order valence-electron chi connectivity index (χ1n) is 12.3. The minimum atomic E-state index is -1.17. The SMILES string of the molecule is CC(C)c1ccc(C(NC(=O)CN2C(=O)NC(C)(c3ccc4c(c3)CCC4)C2=O)C(C)C)cc1. The molecule has 0 aromatic heterocycles. The molecule has 0 bridgehead atoms. The molecule has 2 aromatic carbocycles. The van der Waals surface area contributed by atoms with Gasteiger partial charge in [-0.3, -0.25) is 14.5 Å². The van der Waals surface area contributed by atoms with Crippen LogP contribution >= 0.6 is 0 Å². The fourth-order valence-corrected chi connectivity index (χ4v) is 5.00. The van der Waals surface area contributed by atoms with Gasteiger partial charge >= 0.3 is 6.03 Å². The van der Waals surface area contributed by atoms with Gasteiger partial charge in [-0.1, -0.05) is 70.2 Å². The second-order valence-electron chi connectivity index (χ2n) is 10.4. The highest BCUT2D eigenvalue weighted by molar-refractivity contribution is 6.09. The van der Waals surface area contributed by atoms with Crippen LogP contribution in [0.1, 0.15) is 80.8 Å². The van der Waals surface area contributed by atoms with E-state index in [1.54, 1.807) is 6.92 Å². The van der Waals surface area contributed by atoms with Gasteiger partial charge in [0.1, 0.15) is 12.1 Å². The molecule has 4 rings (SSSR count). The Bertz CT molecular complexity index is 1110. The predicted molar refractivity (Wildman–Crippen MR) is 132 cm³/mol. The number of benzene rings is 2. The fourth-order valence-electron chi connectivity index (χ4n) is 5.00. The van der Waals surface area contributed by atoms with E-state index in [4.69, 9.17) is 0 Å². The number of imide groups is 1. The first-order valence-corrected chi connectivity index (χ1v) is 12.3. The van der Waals surface area contributed by atoms with Gasteiger partial charge in [-0.25, -0.2) is 4.79 Å². The van der Waals surface area contributed by atoms with Crippen LogP contribution in [0.3, 0.4) is 0 Å². The zero-order valence-electron chi connectivity index (χ0n) is 20.8. The average molecular weight is 462 g/mol. The molecule has 2 aromatic rings. The summed E-state index contributed by atoms with van der Waals surface area (Å²) in [6, 6.07) is 13.5. The van der Waals surface area contributed by atoms with Crippen molar-refractivity contribution in [2.24, 2.45) is 5.92 Å². The zero-order valence-corrected chi connectivity index (χ0v) is 20.8. The molecule has 0 saturated carbocycles. The summed E-state index contributed by atoms with van der Waals surface area (Å²) < 4.78 is 0. The van der Waals surface area contributed by atoms with E-state index in [1.807, 2.05) is 38.1 Å². The van der Waals surface area contributed by atoms with Gasteiger partial charge in [-0.2, -0.15) is 0 Å². The number of carbonyl (C=O) groups excluding carboxylic acids is 3. The third-order valence-electron chi connectivity index (χ3n) is 7.20. The van der Waals surface area contributed by atoms with Gasteiger partial charge in [-0.15, -0.1) is 0 Å². The summed E-state index contributed by atoms with van der Waals surface area (Å²) in [6.45, 7) is 9.78. The Morgan fingerprint density at radius 3 is 2.29 bits per heavy atom. The number of rotatable bonds is 7. The van der Waals surface area contributed by atoms with E-state index < -0.39 is 17.5 Å². The van der Waals surface area contributed by atoms with Crippen LogP contribution in [0.2, 0.25) is 0 Å². The van der Waals surface area contributed by atoms with Crippen LogP contribution in [0.25, 0.3) is 0 Å². The lowest BCUT2D eigenvalue weighted by Crippen LogP contribution is -2.44. The molecule has 1 fully saturated rings. The quantitative estimate of drug-likeness (QED) is 0.593. The number of carbonyl (C=O) groups is 3. The summed E-state index contributed by atoms with van der Waals surface area (Å²) >= 11 is 0. The molecule has 1 heterocycles. The van der Waals surface area contributed by atoms with Gasteiger partial charge in [0.05, 0.1) is 6.04 Å². The summed E-state index contributed by atoms with van der Waals surface area (Å²) in [5, 5.41) is 5.86. The molecule has 2 N–H and O–H groups in total. The largest absolute Gasteiger partial charge is 0.347 e. The van der Waals surface area contributed by atoms with E-state index in [-0.39, 0.29) is 24.4 Å². The molecule has 1 aliphatic carbocycles. The van der Waals surface area contributed by atoms with Gasteiger partial charge in [0.2, 0.25) is 5.91 Å². The fraction of sp³-hybridized carbons (Fsp3) is 0.464. The Morgan fingerprint density at radius 1 is 1.00 bits per heavy atom. The Hall–Kier alpha value is -3.15. The topological polar surface area (TPSA) is 78.5 Å². The van der Waals surface area contributed by atoms with Gasteiger partial charge in [0.25, 0.3) is 5.91 Å². The van der Waals surface area contributed by atoms with E-state index in [9.17, 15) is 14.4 Å². The first kappa shape index (κ1) is 24.0. The van der Waals surface area contributed by atoms with Gasteiger partial charge in [0, 0.05) is 0 Å². The van der Waals surface area contributed by atoms with E-state index in [0.717, 1.165) is 35.3 Å². The monoisotopic (exact) mass is 461 g/mol. The molecule has 1 aliphatic heterocycles. The Kier molecular flexibility index (Phi) is 6.52. The normalized spacial score (nSPS) is 20.6. The predicted octanol–water partition coefficient (Wildman–Crippen LogP) is 4.58. The smallest absolute Gasteiger partial charge is 0.325 e. The molecular formula is C28H35N3O3. The Balaban J connectivity index is 1.47. The molecule has 2 atom stereocenters. The molecule has 2 unspecified atom stereocenters. The van der Waals surface area contributed by atoms with E-state index >= 15 is 0 Å². The lowest BCUT2D eigenvalue weighted by molar-refractivity contribution is -0.135. The molecule has 180 valence electrons. The molecule has 6 nitrogen and oxygen atoms in total. The number of hydrogen-bond donors (Lipinski definition) is 2. The summed E-state index contributed by atoms with van der Waals surface area (Å²) in [5.41, 5.74) is 4.39. The van der Waals surface area contributed by atoms with Crippen LogP contribution in [0.15, 0.2) is 42.5 Å².